The number of aliphatic hydroxyl groups is 1. The third kappa shape index (κ3) is 8.76. The van der Waals surface area contributed by atoms with Crippen LogP contribution in [0, 0.1) is 16.7 Å². The van der Waals surface area contributed by atoms with Gasteiger partial charge in [-0.2, -0.15) is 0 Å². The second-order valence-electron chi connectivity index (χ2n) is 18.1. The molecule has 3 saturated heterocycles. The van der Waals surface area contributed by atoms with E-state index in [0.29, 0.717) is 16.9 Å². The average molecular weight is 786 g/mol. The van der Waals surface area contributed by atoms with Crippen LogP contribution in [0.25, 0.3) is 11.1 Å². The number of imide groups is 1. The number of hydrogen-bond acceptors (Lipinski definition) is 8. The van der Waals surface area contributed by atoms with Crippen molar-refractivity contribution in [2.24, 2.45) is 16.7 Å². The van der Waals surface area contributed by atoms with Gasteiger partial charge in [-0.1, -0.05) is 119 Å². The number of alkyl carbamates (subject to hydrolysis) is 1. The summed E-state index contributed by atoms with van der Waals surface area (Å²) in [5.41, 5.74) is 6.95. The molecule has 8 rings (SSSR count). The first-order chi connectivity index (χ1) is 27.8. The van der Waals surface area contributed by atoms with Crippen LogP contribution in [-0.4, -0.2) is 64.1 Å². The molecule has 1 saturated carbocycles. The molecule has 2 N–H and O–H groups in total. The maximum atomic E-state index is 13.3. The SMILES string of the molecule is C[C@H]1[C@@H](CN2CC3(C)CC2CC(C)(C)C3)O[C@@H](c2cccc(-c3cccc(CN4C(=O)CC(NC(=O)OCc5ccccc5)C4=O)c3)c2)O[C@H]1c1ccc(CO)cc1. The molecule has 4 fully saturated rings. The van der Waals surface area contributed by atoms with Gasteiger partial charge in [-0.15, -0.1) is 0 Å². The Morgan fingerprint density at radius 3 is 2.33 bits per heavy atom. The second kappa shape index (κ2) is 16.4. The van der Waals surface area contributed by atoms with Crippen LogP contribution in [0.1, 0.15) is 93.6 Å². The maximum Gasteiger partial charge on any atom is 0.408 e. The molecule has 2 bridgehead atoms. The zero-order valence-corrected chi connectivity index (χ0v) is 33.9. The van der Waals surface area contributed by atoms with Crippen molar-refractivity contribution in [3.63, 3.8) is 0 Å². The number of likely N-dealkylation sites (tertiary alicyclic amines) is 2. The molecule has 3 heterocycles. The van der Waals surface area contributed by atoms with Gasteiger partial charge in [-0.05, 0) is 75.6 Å². The van der Waals surface area contributed by atoms with Crippen molar-refractivity contribution in [3.05, 3.63) is 131 Å². The number of nitrogens with zero attached hydrogens (tertiary/aromatic N) is 2. The fourth-order valence-corrected chi connectivity index (χ4v) is 10.1. The minimum absolute atomic E-state index is 0.0104. The van der Waals surface area contributed by atoms with Gasteiger partial charge in [0, 0.05) is 30.6 Å². The molecule has 4 aromatic rings. The molecule has 3 aliphatic heterocycles. The van der Waals surface area contributed by atoms with Gasteiger partial charge in [0.2, 0.25) is 5.91 Å². The summed E-state index contributed by atoms with van der Waals surface area (Å²) in [6, 6.07) is 32.9. The predicted octanol–water partition coefficient (Wildman–Crippen LogP) is 8.09. The molecule has 0 radical (unpaired) electrons. The van der Waals surface area contributed by atoms with Gasteiger partial charge in [-0.25, -0.2) is 4.79 Å². The zero-order valence-electron chi connectivity index (χ0n) is 33.9. The van der Waals surface area contributed by atoms with E-state index in [1.54, 1.807) is 0 Å². The summed E-state index contributed by atoms with van der Waals surface area (Å²) >= 11 is 0. The summed E-state index contributed by atoms with van der Waals surface area (Å²) in [5.74, 6) is -0.722. The van der Waals surface area contributed by atoms with Gasteiger partial charge >= 0.3 is 6.09 Å². The van der Waals surface area contributed by atoms with Gasteiger partial charge in [0.15, 0.2) is 6.29 Å². The first-order valence-electron chi connectivity index (χ1n) is 20.6. The van der Waals surface area contributed by atoms with Crippen LogP contribution in [0.2, 0.25) is 0 Å². The molecular weight excluding hydrogens is 731 g/mol. The van der Waals surface area contributed by atoms with E-state index in [0.717, 1.165) is 52.0 Å². The van der Waals surface area contributed by atoms with Crippen LogP contribution >= 0.6 is 0 Å². The quantitative estimate of drug-likeness (QED) is 0.147. The number of fused-ring (bicyclic) bond motifs is 2. The summed E-state index contributed by atoms with van der Waals surface area (Å²) in [5, 5.41) is 12.3. The lowest BCUT2D eigenvalue weighted by atomic mass is 9.65. The Morgan fingerprint density at radius 2 is 1.57 bits per heavy atom. The van der Waals surface area contributed by atoms with Gasteiger partial charge in [0.05, 0.1) is 31.8 Å². The molecule has 58 heavy (non-hydrogen) atoms. The smallest absolute Gasteiger partial charge is 0.408 e. The van der Waals surface area contributed by atoms with Crippen molar-refractivity contribution in [3.8, 4) is 11.1 Å². The van der Waals surface area contributed by atoms with Crippen LogP contribution in [0.4, 0.5) is 4.79 Å². The molecule has 0 spiro atoms. The lowest BCUT2D eigenvalue weighted by Crippen LogP contribution is -2.46. The standard InChI is InChI=1S/C48H55N3O7/c1-31-41(26-50-30-48(4)24-39(50)23-47(2,3)29-48)57-45(58-43(31)35-18-16-32(27-52)17-19-35)38-15-9-14-37(21-38)36-13-8-12-34(20-36)25-51-42(53)22-40(44(51)54)49-46(55)56-28-33-10-6-5-7-11-33/h5-21,31,39-41,43,45,52H,22-30H2,1-4H3,(H,49,55)/t31-,39?,40?,41+,43+,45+,48?/m0/s1. The van der Waals surface area contributed by atoms with Crippen molar-refractivity contribution < 1.29 is 33.7 Å². The Kier molecular flexibility index (Phi) is 11.3. The van der Waals surface area contributed by atoms with Crippen LogP contribution < -0.4 is 5.32 Å². The number of benzene rings is 4. The van der Waals surface area contributed by atoms with E-state index in [4.69, 9.17) is 14.2 Å². The highest BCUT2D eigenvalue weighted by molar-refractivity contribution is 6.06. The van der Waals surface area contributed by atoms with Crippen molar-refractivity contribution in [1.82, 2.24) is 15.1 Å². The molecule has 4 aromatic carbocycles. The minimum Gasteiger partial charge on any atom is -0.445 e. The average Bonchev–Trinajstić information content (AvgIpc) is 3.61. The molecule has 304 valence electrons. The number of ether oxygens (including phenoxy) is 3. The molecule has 3 amide bonds. The highest BCUT2D eigenvalue weighted by atomic mass is 16.7. The van der Waals surface area contributed by atoms with Crippen molar-refractivity contribution in [2.45, 2.75) is 104 Å². The number of carbonyl (C=O) groups excluding carboxylic acids is 3. The first kappa shape index (κ1) is 39.9. The molecular formula is C48H55N3O7. The largest absolute Gasteiger partial charge is 0.445 e. The van der Waals surface area contributed by atoms with Gasteiger partial charge in [0.25, 0.3) is 5.91 Å². The number of amides is 3. The Labute approximate surface area is 341 Å². The Morgan fingerprint density at radius 1 is 0.845 bits per heavy atom. The lowest BCUT2D eigenvalue weighted by Gasteiger charge is -2.43. The van der Waals surface area contributed by atoms with E-state index < -0.39 is 24.3 Å². The van der Waals surface area contributed by atoms with Crippen molar-refractivity contribution >= 4 is 17.9 Å². The monoisotopic (exact) mass is 785 g/mol. The Bertz CT molecular complexity index is 2120. The summed E-state index contributed by atoms with van der Waals surface area (Å²) in [6.45, 7) is 11.6. The normalized spacial score (nSPS) is 28.1. The highest BCUT2D eigenvalue weighted by Gasteiger charge is 2.51. The van der Waals surface area contributed by atoms with E-state index in [9.17, 15) is 19.5 Å². The molecule has 3 unspecified atom stereocenters. The molecule has 10 nitrogen and oxygen atoms in total. The van der Waals surface area contributed by atoms with E-state index in [-0.39, 0.29) is 50.2 Å². The first-order valence-corrected chi connectivity index (χ1v) is 20.6. The van der Waals surface area contributed by atoms with Crippen molar-refractivity contribution in [1.29, 1.82) is 0 Å². The van der Waals surface area contributed by atoms with Crippen LogP contribution in [-0.2, 0) is 43.6 Å². The van der Waals surface area contributed by atoms with E-state index in [1.807, 2.05) is 84.9 Å². The Balaban J connectivity index is 0.977. The summed E-state index contributed by atoms with van der Waals surface area (Å²) in [7, 11) is 0. The molecule has 1 aliphatic carbocycles. The Hall–Kier alpha value is -4.87. The third-order valence-electron chi connectivity index (χ3n) is 12.6. The molecule has 10 heteroatoms. The summed E-state index contributed by atoms with van der Waals surface area (Å²) in [4.78, 5) is 42.7. The topological polar surface area (TPSA) is 118 Å². The number of carbonyl (C=O) groups is 3. The van der Waals surface area contributed by atoms with Crippen LogP contribution in [0.15, 0.2) is 103 Å². The van der Waals surface area contributed by atoms with E-state index in [2.05, 4.69) is 56.1 Å². The number of aliphatic hydroxyl groups excluding tert-OH is 1. The van der Waals surface area contributed by atoms with Crippen LogP contribution in [0.3, 0.4) is 0 Å². The van der Waals surface area contributed by atoms with Gasteiger partial charge < -0.3 is 24.6 Å². The van der Waals surface area contributed by atoms with Gasteiger partial charge in [-0.3, -0.25) is 19.4 Å². The van der Waals surface area contributed by atoms with E-state index in [1.165, 1.54) is 24.2 Å². The fraction of sp³-hybridized carbons (Fsp3) is 0.438. The molecule has 0 aromatic heterocycles. The van der Waals surface area contributed by atoms with E-state index >= 15 is 0 Å². The maximum absolute atomic E-state index is 13.3. The fourth-order valence-electron chi connectivity index (χ4n) is 10.1. The predicted molar refractivity (Wildman–Crippen MR) is 220 cm³/mol. The number of hydrogen-bond donors (Lipinski definition) is 2. The molecule has 4 aliphatic rings. The minimum atomic E-state index is -0.978. The highest BCUT2D eigenvalue weighted by Crippen LogP contribution is 2.53. The van der Waals surface area contributed by atoms with Crippen molar-refractivity contribution in [2.75, 3.05) is 13.1 Å². The summed E-state index contributed by atoms with van der Waals surface area (Å²) < 4.78 is 19.1. The number of nitrogens with one attached hydrogen (secondary N) is 1. The lowest BCUT2D eigenvalue weighted by molar-refractivity contribution is -0.276. The number of rotatable bonds is 11. The zero-order chi connectivity index (χ0) is 40.6. The molecule has 7 atom stereocenters. The second-order valence-corrected chi connectivity index (χ2v) is 18.1. The van der Waals surface area contributed by atoms with Crippen LogP contribution in [0.5, 0.6) is 0 Å². The third-order valence-corrected chi connectivity index (χ3v) is 12.6. The van der Waals surface area contributed by atoms with Gasteiger partial charge in [0.1, 0.15) is 12.6 Å². The summed E-state index contributed by atoms with van der Waals surface area (Å²) in [6.07, 6.45) is 1.91.